The van der Waals surface area contributed by atoms with Gasteiger partial charge in [0.15, 0.2) is 0 Å². The number of furan rings is 1. The van der Waals surface area contributed by atoms with Crippen LogP contribution in [0.5, 0.6) is 0 Å². The zero-order chi connectivity index (χ0) is 19.4. The number of rotatable bonds is 5. The standard InChI is InChI=1S/C19H14ClN3O4/c1-12-2-4-13(5-3-12)19(24)22-21-11-15-7-9-18(27-15)16-8-6-14(23(25)26)10-17(16)20/h2-11H,1H3,(H,22,24)/b21-11-. The van der Waals surface area contributed by atoms with Gasteiger partial charge in [-0.2, -0.15) is 5.10 Å². The third-order valence-electron chi connectivity index (χ3n) is 3.73. The van der Waals surface area contributed by atoms with Crippen molar-refractivity contribution in [1.29, 1.82) is 0 Å². The van der Waals surface area contributed by atoms with Crippen LogP contribution in [0.4, 0.5) is 5.69 Å². The van der Waals surface area contributed by atoms with Crippen molar-refractivity contribution in [1.82, 2.24) is 5.43 Å². The molecule has 3 aromatic rings. The van der Waals surface area contributed by atoms with Gasteiger partial charge in [0.1, 0.15) is 11.5 Å². The van der Waals surface area contributed by atoms with Gasteiger partial charge in [-0.15, -0.1) is 0 Å². The van der Waals surface area contributed by atoms with Crippen LogP contribution in [0.15, 0.2) is 64.1 Å². The maximum Gasteiger partial charge on any atom is 0.271 e. The van der Waals surface area contributed by atoms with Crippen molar-refractivity contribution < 1.29 is 14.1 Å². The smallest absolute Gasteiger partial charge is 0.271 e. The summed E-state index contributed by atoms with van der Waals surface area (Å²) in [6, 6.07) is 14.5. The largest absolute Gasteiger partial charge is 0.455 e. The summed E-state index contributed by atoms with van der Waals surface area (Å²) in [5.74, 6) is 0.487. The topological polar surface area (TPSA) is 97.7 Å². The van der Waals surface area contributed by atoms with Crippen LogP contribution < -0.4 is 5.43 Å². The van der Waals surface area contributed by atoms with Crippen molar-refractivity contribution in [3.8, 4) is 11.3 Å². The minimum Gasteiger partial charge on any atom is -0.455 e. The minimum absolute atomic E-state index is 0.101. The van der Waals surface area contributed by atoms with Crippen LogP contribution in [-0.2, 0) is 0 Å². The molecule has 1 amide bonds. The van der Waals surface area contributed by atoms with Crippen LogP contribution >= 0.6 is 11.6 Å². The Labute approximate surface area is 159 Å². The number of hydrazone groups is 1. The first-order valence-electron chi connectivity index (χ1n) is 7.88. The lowest BCUT2D eigenvalue weighted by Crippen LogP contribution is -2.17. The molecule has 0 saturated carbocycles. The number of carbonyl (C=O) groups is 1. The van der Waals surface area contributed by atoms with Crippen LogP contribution in [0.2, 0.25) is 5.02 Å². The Kier molecular flexibility index (Phi) is 5.33. The number of amides is 1. The predicted octanol–water partition coefficient (Wildman–Crippen LogP) is 4.58. The molecule has 0 aliphatic carbocycles. The maximum absolute atomic E-state index is 12.0. The zero-order valence-electron chi connectivity index (χ0n) is 14.2. The molecule has 1 aromatic heterocycles. The average molecular weight is 384 g/mol. The number of nitrogens with one attached hydrogen (secondary N) is 1. The second-order valence-electron chi connectivity index (χ2n) is 5.69. The van der Waals surface area contributed by atoms with Gasteiger partial charge in [-0.05, 0) is 37.3 Å². The SMILES string of the molecule is Cc1ccc(C(=O)N/N=C\c2ccc(-c3ccc([N+](=O)[O-])cc3Cl)o2)cc1. The molecular formula is C19H14ClN3O4. The Bertz CT molecular complexity index is 1030. The highest BCUT2D eigenvalue weighted by Gasteiger charge is 2.13. The molecule has 0 unspecified atom stereocenters. The van der Waals surface area contributed by atoms with E-state index in [1.165, 1.54) is 24.4 Å². The van der Waals surface area contributed by atoms with Crippen LogP contribution in [0.1, 0.15) is 21.7 Å². The highest BCUT2D eigenvalue weighted by atomic mass is 35.5. The van der Waals surface area contributed by atoms with E-state index in [-0.39, 0.29) is 16.6 Å². The molecule has 0 spiro atoms. The average Bonchev–Trinajstić information content (AvgIpc) is 3.10. The molecule has 2 aromatic carbocycles. The fourth-order valence-corrected chi connectivity index (χ4v) is 2.58. The van der Waals surface area contributed by atoms with E-state index in [1.807, 2.05) is 19.1 Å². The van der Waals surface area contributed by atoms with Crippen molar-refractivity contribution in [3.63, 3.8) is 0 Å². The fraction of sp³-hybridized carbons (Fsp3) is 0.0526. The summed E-state index contributed by atoms with van der Waals surface area (Å²) in [7, 11) is 0. The maximum atomic E-state index is 12.0. The number of non-ortho nitro benzene ring substituents is 1. The molecule has 0 atom stereocenters. The van der Waals surface area contributed by atoms with Crippen molar-refractivity contribution in [2.45, 2.75) is 6.92 Å². The first-order chi connectivity index (χ1) is 12.9. The van der Waals surface area contributed by atoms with Crippen LogP contribution in [0.3, 0.4) is 0 Å². The summed E-state index contributed by atoms with van der Waals surface area (Å²) in [5, 5.41) is 14.8. The van der Waals surface area contributed by atoms with Gasteiger partial charge in [-0.3, -0.25) is 14.9 Å². The minimum atomic E-state index is -0.521. The lowest BCUT2D eigenvalue weighted by Gasteiger charge is -2.01. The highest BCUT2D eigenvalue weighted by Crippen LogP contribution is 2.31. The molecule has 136 valence electrons. The molecule has 27 heavy (non-hydrogen) atoms. The molecule has 3 rings (SSSR count). The predicted molar refractivity (Wildman–Crippen MR) is 102 cm³/mol. The van der Waals surface area contributed by atoms with E-state index in [9.17, 15) is 14.9 Å². The molecule has 7 nitrogen and oxygen atoms in total. The zero-order valence-corrected chi connectivity index (χ0v) is 14.9. The summed E-state index contributed by atoms with van der Waals surface area (Å²) >= 11 is 6.09. The fourth-order valence-electron chi connectivity index (χ4n) is 2.31. The van der Waals surface area contributed by atoms with Gasteiger partial charge >= 0.3 is 0 Å². The van der Waals surface area contributed by atoms with Gasteiger partial charge in [-0.1, -0.05) is 29.3 Å². The molecule has 1 N–H and O–H groups in total. The van der Waals surface area contributed by atoms with E-state index in [1.54, 1.807) is 24.3 Å². The first-order valence-corrected chi connectivity index (χ1v) is 8.26. The molecule has 8 heteroatoms. The molecule has 0 radical (unpaired) electrons. The Balaban J connectivity index is 1.69. The molecular weight excluding hydrogens is 370 g/mol. The second-order valence-corrected chi connectivity index (χ2v) is 6.10. The third kappa shape index (κ3) is 4.39. The molecule has 0 aliphatic rings. The van der Waals surface area contributed by atoms with E-state index in [2.05, 4.69) is 10.5 Å². The van der Waals surface area contributed by atoms with Crippen molar-refractivity contribution >= 4 is 29.4 Å². The number of hydrogen-bond acceptors (Lipinski definition) is 5. The lowest BCUT2D eigenvalue weighted by molar-refractivity contribution is -0.384. The quantitative estimate of drug-likeness (QED) is 0.396. The number of carbonyl (C=O) groups excluding carboxylic acids is 1. The Morgan fingerprint density at radius 3 is 2.59 bits per heavy atom. The Morgan fingerprint density at radius 1 is 1.19 bits per heavy atom. The monoisotopic (exact) mass is 383 g/mol. The molecule has 0 bridgehead atoms. The number of aryl methyl sites for hydroxylation is 1. The van der Waals surface area contributed by atoms with Crippen LogP contribution in [-0.4, -0.2) is 17.0 Å². The normalized spacial score (nSPS) is 10.9. The summed E-state index contributed by atoms with van der Waals surface area (Å²) in [6.07, 6.45) is 1.36. The van der Waals surface area contributed by atoms with E-state index >= 15 is 0 Å². The van der Waals surface area contributed by atoms with Crippen molar-refractivity contribution in [2.24, 2.45) is 5.10 Å². The summed E-state index contributed by atoms with van der Waals surface area (Å²) in [6.45, 7) is 1.94. The van der Waals surface area contributed by atoms with Crippen LogP contribution in [0, 0.1) is 17.0 Å². The molecule has 0 saturated heterocycles. The van der Waals surface area contributed by atoms with E-state index in [4.69, 9.17) is 16.0 Å². The van der Waals surface area contributed by atoms with Gasteiger partial charge in [-0.25, -0.2) is 5.43 Å². The van der Waals surface area contributed by atoms with Gasteiger partial charge in [0, 0.05) is 23.3 Å². The van der Waals surface area contributed by atoms with Crippen LogP contribution in [0.25, 0.3) is 11.3 Å². The lowest BCUT2D eigenvalue weighted by atomic mass is 10.1. The number of nitrogens with zero attached hydrogens (tertiary/aromatic N) is 2. The second kappa shape index (κ2) is 7.84. The summed E-state index contributed by atoms with van der Waals surface area (Å²) in [4.78, 5) is 22.2. The Hall–Kier alpha value is -3.45. The Morgan fingerprint density at radius 2 is 1.93 bits per heavy atom. The molecule has 0 aliphatic heterocycles. The number of nitro groups is 1. The first kappa shape index (κ1) is 18.3. The van der Waals surface area contributed by atoms with E-state index in [0.717, 1.165) is 5.56 Å². The summed E-state index contributed by atoms with van der Waals surface area (Å²) < 4.78 is 5.60. The van der Waals surface area contributed by atoms with E-state index in [0.29, 0.717) is 22.6 Å². The van der Waals surface area contributed by atoms with Gasteiger partial charge in [0.2, 0.25) is 0 Å². The number of halogens is 1. The van der Waals surface area contributed by atoms with Crippen molar-refractivity contribution in [2.75, 3.05) is 0 Å². The number of benzene rings is 2. The number of hydrogen-bond donors (Lipinski definition) is 1. The number of nitro benzene ring substituents is 1. The van der Waals surface area contributed by atoms with Gasteiger partial charge in [0.05, 0.1) is 16.2 Å². The van der Waals surface area contributed by atoms with E-state index < -0.39 is 4.92 Å². The summed E-state index contributed by atoms with van der Waals surface area (Å²) in [5.41, 5.74) is 4.39. The van der Waals surface area contributed by atoms with Crippen molar-refractivity contribution in [3.05, 3.63) is 86.6 Å². The molecule has 0 fully saturated rings. The van der Waals surface area contributed by atoms with Gasteiger partial charge < -0.3 is 4.42 Å². The van der Waals surface area contributed by atoms with Gasteiger partial charge in [0.25, 0.3) is 11.6 Å². The third-order valence-corrected chi connectivity index (χ3v) is 4.04. The molecule has 1 heterocycles. The highest BCUT2D eigenvalue weighted by molar-refractivity contribution is 6.33.